The minimum Gasteiger partial charge on any atom is -0.339 e. The second-order valence-corrected chi connectivity index (χ2v) is 6.42. The summed E-state index contributed by atoms with van der Waals surface area (Å²) in [6.07, 6.45) is 1.57. The van der Waals surface area contributed by atoms with Gasteiger partial charge in [0.15, 0.2) is 5.82 Å². The minimum atomic E-state index is -0.306. The van der Waals surface area contributed by atoms with E-state index in [0.717, 1.165) is 18.4 Å². The second-order valence-electron chi connectivity index (χ2n) is 6.42. The van der Waals surface area contributed by atoms with E-state index in [4.69, 9.17) is 4.52 Å². The van der Waals surface area contributed by atoms with E-state index in [2.05, 4.69) is 20.3 Å². The van der Waals surface area contributed by atoms with Gasteiger partial charge in [-0.25, -0.2) is 4.39 Å². The summed E-state index contributed by atoms with van der Waals surface area (Å²) in [5.74, 6) is 1.07. The quantitative estimate of drug-likeness (QED) is 0.780. The Balaban J connectivity index is 1.42. The lowest BCUT2D eigenvalue weighted by molar-refractivity contribution is 0.0698. The van der Waals surface area contributed by atoms with E-state index in [1.165, 1.54) is 12.1 Å². The molecule has 0 bridgehead atoms. The van der Waals surface area contributed by atoms with Crippen LogP contribution < -0.4 is 0 Å². The van der Waals surface area contributed by atoms with E-state index in [-0.39, 0.29) is 17.6 Å². The fourth-order valence-electron chi connectivity index (χ4n) is 3.18. The Labute approximate surface area is 149 Å². The van der Waals surface area contributed by atoms with Crippen molar-refractivity contribution < 1.29 is 13.7 Å². The molecular formula is C18H18FN5O2. The minimum absolute atomic E-state index is 0.0916. The Morgan fingerprint density at radius 2 is 2.00 bits per heavy atom. The third kappa shape index (κ3) is 3.22. The third-order valence-electron chi connectivity index (χ3n) is 4.62. The van der Waals surface area contributed by atoms with E-state index in [1.54, 1.807) is 30.0 Å². The molecule has 3 heterocycles. The molecule has 1 N–H and O–H groups in total. The molecule has 1 aromatic carbocycles. The van der Waals surface area contributed by atoms with Crippen LogP contribution in [0.2, 0.25) is 0 Å². The van der Waals surface area contributed by atoms with Crippen LogP contribution in [0.5, 0.6) is 0 Å². The number of piperidine rings is 1. The van der Waals surface area contributed by atoms with E-state index >= 15 is 0 Å². The molecule has 26 heavy (non-hydrogen) atoms. The Kier molecular flexibility index (Phi) is 4.24. The van der Waals surface area contributed by atoms with Crippen molar-refractivity contribution >= 4 is 5.91 Å². The molecule has 2 aromatic heterocycles. The molecule has 0 atom stereocenters. The van der Waals surface area contributed by atoms with Crippen LogP contribution in [-0.4, -0.2) is 44.2 Å². The number of aryl methyl sites for hydroxylation is 1. The predicted octanol–water partition coefficient (Wildman–Crippen LogP) is 2.93. The number of H-pyrrole nitrogens is 1. The van der Waals surface area contributed by atoms with Crippen molar-refractivity contribution in [2.75, 3.05) is 13.1 Å². The van der Waals surface area contributed by atoms with Crippen molar-refractivity contribution in [1.82, 2.24) is 25.2 Å². The maximum Gasteiger partial charge on any atom is 0.271 e. The number of rotatable bonds is 3. The van der Waals surface area contributed by atoms with Gasteiger partial charge in [-0.05, 0) is 50.1 Å². The van der Waals surface area contributed by atoms with Gasteiger partial charge in [-0.3, -0.25) is 9.89 Å². The van der Waals surface area contributed by atoms with E-state index in [0.29, 0.717) is 36.2 Å². The molecule has 0 unspecified atom stereocenters. The highest BCUT2D eigenvalue weighted by Crippen LogP contribution is 2.27. The van der Waals surface area contributed by atoms with Crippen molar-refractivity contribution in [3.63, 3.8) is 0 Å². The molecule has 0 spiro atoms. The normalized spacial score (nSPS) is 15.4. The molecule has 3 aromatic rings. The first kappa shape index (κ1) is 16.4. The zero-order valence-electron chi connectivity index (χ0n) is 14.3. The molecule has 134 valence electrons. The molecule has 1 aliphatic heterocycles. The average molecular weight is 355 g/mol. The highest BCUT2D eigenvalue weighted by Gasteiger charge is 2.28. The van der Waals surface area contributed by atoms with Gasteiger partial charge >= 0.3 is 0 Å². The largest absolute Gasteiger partial charge is 0.339 e. The summed E-state index contributed by atoms with van der Waals surface area (Å²) >= 11 is 0. The molecule has 0 aliphatic carbocycles. The standard InChI is InChI=1S/C18H18FN5O2/c1-11-20-17(26-23-11)13-6-8-24(9-7-13)18(25)16-10-15(21-22-16)12-2-4-14(19)5-3-12/h2-5,10,13H,6-9H2,1H3,(H,21,22). The number of carbonyl (C=O) groups is 1. The van der Waals surface area contributed by atoms with Gasteiger partial charge in [-0.1, -0.05) is 5.16 Å². The second kappa shape index (κ2) is 6.70. The van der Waals surface area contributed by atoms with Crippen LogP contribution in [-0.2, 0) is 0 Å². The summed E-state index contributed by atoms with van der Waals surface area (Å²) in [6.45, 7) is 3.04. The van der Waals surface area contributed by atoms with Crippen molar-refractivity contribution in [1.29, 1.82) is 0 Å². The maximum atomic E-state index is 13.0. The SMILES string of the molecule is Cc1noc(C2CCN(C(=O)c3cc(-c4ccc(F)cc4)n[nH]3)CC2)n1. The van der Waals surface area contributed by atoms with Crippen LogP contribution in [0.4, 0.5) is 4.39 Å². The van der Waals surface area contributed by atoms with Gasteiger partial charge in [0.1, 0.15) is 11.5 Å². The highest BCUT2D eigenvalue weighted by atomic mass is 19.1. The van der Waals surface area contributed by atoms with Gasteiger partial charge in [0, 0.05) is 24.6 Å². The zero-order valence-corrected chi connectivity index (χ0v) is 14.3. The Hall–Kier alpha value is -3.03. The lowest BCUT2D eigenvalue weighted by Crippen LogP contribution is -2.38. The number of halogens is 1. The average Bonchev–Trinajstić information content (AvgIpc) is 3.31. The predicted molar refractivity (Wildman–Crippen MR) is 90.9 cm³/mol. The van der Waals surface area contributed by atoms with Crippen molar-refractivity contribution in [3.05, 3.63) is 53.6 Å². The molecule has 0 radical (unpaired) electrons. The van der Waals surface area contributed by atoms with E-state index in [9.17, 15) is 9.18 Å². The van der Waals surface area contributed by atoms with Gasteiger partial charge in [0.05, 0.1) is 5.69 Å². The van der Waals surface area contributed by atoms with Crippen molar-refractivity contribution in [2.24, 2.45) is 0 Å². The third-order valence-corrected chi connectivity index (χ3v) is 4.62. The number of amides is 1. The number of hydrogen-bond donors (Lipinski definition) is 1. The van der Waals surface area contributed by atoms with Crippen LogP contribution in [0, 0.1) is 12.7 Å². The number of carbonyl (C=O) groups excluding carboxylic acids is 1. The van der Waals surface area contributed by atoms with Crippen LogP contribution in [0.15, 0.2) is 34.9 Å². The monoisotopic (exact) mass is 355 g/mol. The van der Waals surface area contributed by atoms with Crippen molar-refractivity contribution in [2.45, 2.75) is 25.7 Å². The lowest BCUT2D eigenvalue weighted by Gasteiger charge is -2.29. The van der Waals surface area contributed by atoms with Crippen LogP contribution in [0.25, 0.3) is 11.3 Å². The zero-order chi connectivity index (χ0) is 18.1. The first-order valence-corrected chi connectivity index (χ1v) is 8.51. The molecule has 1 saturated heterocycles. The smallest absolute Gasteiger partial charge is 0.271 e. The molecule has 1 fully saturated rings. The Morgan fingerprint density at radius 1 is 1.27 bits per heavy atom. The fraction of sp³-hybridized carbons (Fsp3) is 0.333. The van der Waals surface area contributed by atoms with Gasteiger partial charge < -0.3 is 9.42 Å². The summed E-state index contributed by atoms with van der Waals surface area (Å²) in [5.41, 5.74) is 1.80. The summed E-state index contributed by atoms with van der Waals surface area (Å²) in [7, 11) is 0. The molecular weight excluding hydrogens is 337 g/mol. The number of hydrogen-bond acceptors (Lipinski definition) is 5. The number of benzene rings is 1. The van der Waals surface area contributed by atoms with Gasteiger partial charge in [0.2, 0.25) is 5.89 Å². The topological polar surface area (TPSA) is 87.9 Å². The van der Waals surface area contributed by atoms with Gasteiger partial charge in [-0.15, -0.1) is 0 Å². The summed E-state index contributed by atoms with van der Waals surface area (Å²) in [6, 6.07) is 7.71. The first-order valence-electron chi connectivity index (χ1n) is 8.51. The van der Waals surface area contributed by atoms with Crippen LogP contribution in [0.1, 0.15) is 41.0 Å². The summed E-state index contributed by atoms with van der Waals surface area (Å²) in [5, 5.41) is 10.8. The number of aromatic amines is 1. The number of nitrogens with zero attached hydrogens (tertiary/aromatic N) is 4. The molecule has 4 rings (SSSR count). The Morgan fingerprint density at radius 3 is 2.65 bits per heavy atom. The van der Waals surface area contributed by atoms with E-state index in [1.807, 2.05) is 0 Å². The Bertz CT molecular complexity index is 910. The number of aromatic nitrogens is 4. The molecule has 8 heteroatoms. The van der Waals surface area contributed by atoms with Crippen LogP contribution in [0.3, 0.4) is 0 Å². The number of nitrogens with one attached hydrogen (secondary N) is 1. The van der Waals surface area contributed by atoms with Gasteiger partial charge in [0.25, 0.3) is 5.91 Å². The molecule has 0 saturated carbocycles. The fourth-order valence-corrected chi connectivity index (χ4v) is 3.18. The molecule has 1 aliphatic rings. The molecule has 1 amide bonds. The van der Waals surface area contributed by atoms with Gasteiger partial charge in [-0.2, -0.15) is 10.1 Å². The first-order chi connectivity index (χ1) is 12.6. The van der Waals surface area contributed by atoms with Crippen molar-refractivity contribution in [3.8, 4) is 11.3 Å². The van der Waals surface area contributed by atoms with Crippen LogP contribution >= 0.6 is 0 Å². The maximum absolute atomic E-state index is 13.0. The number of likely N-dealkylation sites (tertiary alicyclic amines) is 1. The highest BCUT2D eigenvalue weighted by molar-refractivity contribution is 5.93. The van der Waals surface area contributed by atoms with E-state index < -0.39 is 0 Å². The summed E-state index contributed by atoms with van der Waals surface area (Å²) in [4.78, 5) is 18.8. The lowest BCUT2D eigenvalue weighted by atomic mass is 9.96. The molecule has 7 nitrogen and oxygen atoms in total. The summed E-state index contributed by atoms with van der Waals surface area (Å²) < 4.78 is 18.3.